The smallest absolute Gasteiger partial charge is 0.185 e. The summed E-state index contributed by atoms with van der Waals surface area (Å²) in [6.45, 7) is 7.94. The number of Topliss-reactive ketones (excluding diaryl/α,β-unsaturated/α-hetero) is 1. The van der Waals surface area contributed by atoms with E-state index in [2.05, 4.69) is 57.2 Å². The molecular formula is C39H40O3. The fraction of sp³-hybridized carbons (Fsp3) is 0.256. The Morgan fingerprint density at radius 1 is 0.643 bits per heavy atom. The Morgan fingerprint density at radius 3 is 1.43 bits per heavy atom. The van der Waals surface area contributed by atoms with Gasteiger partial charge in [-0.2, -0.15) is 0 Å². The van der Waals surface area contributed by atoms with Crippen molar-refractivity contribution in [2.75, 3.05) is 0 Å². The zero-order valence-corrected chi connectivity index (χ0v) is 24.9. The van der Waals surface area contributed by atoms with Gasteiger partial charge in [-0.1, -0.05) is 112 Å². The quantitative estimate of drug-likeness (QED) is 0.182. The molecule has 214 valence electrons. The van der Waals surface area contributed by atoms with Crippen LogP contribution in [-0.2, 0) is 18.0 Å². The molecule has 0 radical (unpaired) electrons. The summed E-state index contributed by atoms with van der Waals surface area (Å²) in [4.78, 5) is 13.8. The lowest BCUT2D eigenvalue weighted by atomic mass is 9.66. The zero-order valence-electron chi connectivity index (χ0n) is 24.9. The minimum absolute atomic E-state index is 0.128. The van der Waals surface area contributed by atoms with E-state index in [4.69, 9.17) is 9.47 Å². The van der Waals surface area contributed by atoms with Gasteiger partial charge in [0.2, 0.25) is 0 Å². The first-order chi connectivity index (χ1) is 20.4. The maximum atomic E-state index is 13.8. The van der Waals surface area contributed by atoms with E-state index in [1.807, 2.05) is 84.9 Å². The number of rotatable bonds is 10. The number of carbonyl (C=O) groups excluding carboxylic acids is 1. The molecule has 1 saturated carbocycles. The number of ketones is 1. The van der Waals surface area contributed by atoms with Gasteiger partial charge in [-0.25, -0.2) is 0 Å². The van der Waals surface area contributed by atoms with E-state index in [1.165, 1.54) is 0 Å². The number of hydrogen-bond donors (Lipinski definition) is 0. The van der Waals surface area contributed by atoms with E-state index in [0.717, 1.165) is 64.2 Å². The highest BCUT2D eigenvalue weighted by atomic mass is 16.5. The van der Waals surface area contributed by atoms with Gasteiger partial charge in [0, 0.05) is 11.1 Å². The topological polar surface area (TPSA) is 35.5 Å². The Balaban J connectivity index is 1.31. The molecule has 3 nitrogen and oxygen atoms in total. The molecule has 0 aromatic heterocycles. The van der Waals surface area contributed by atoms with Gasteiger partial charge < -0.3 is 9.47 Å². The van der Waals surface area contributed by atoms with Crippen LogP contribution in [0.2, 0.25) is 0 Å². The molecule has 0 saturated heterocycles. The number of hydrogen-bond acceptors (Lipinski definition) is 3. The highest BCUT2D eigenvalue weighted by Crippen LogP contribution is 2.44. The van der Waals surface area contributed by atoms with Crippen LogP contribution in [0.3, 0.4) is 0 Å². The third kappa shape index (κ3) is 7.67. The second kappa shape index (κ2) is 13.5. The fourth-order valence-corrected chi connectivity index (χ4v) is 5.29. The van der Waals surface area contributed by atoms with Gasteiger partial charge >= 0.3 is 0 Å². The molecule has 0 N–H and O–H groups in total. The largest absolute Gasteiger partial charge is 0.489 e. The molecular weight excluding hydrogens is 516 g/mol. The van der Waals surface area contributed by atoms with E-state index in [0.29, 0.717) is 19.1 Å². The molecule has 1 atom stereocenters. The number of ether oxygens (including phenoxy) is 2. The van der Waals surface area contributed by atoms with Crippen LogP contribution < -0.4 is 9.47 Å². The molecule has 1 aliphatic carbocycles. The normalized spacial score (nSPS) is 17.4. The summed E-state index contributed by atoms with van der Waals surface area (Å²) in [5, 5.41) is 0. The second-order valence-electron chi connectivity index (χ2n) is 11.8. The average molecular weight is 557 g/mol. The molecule has 0 amide bonds. The standard InChI is InChI=1S/C39H40O3/c1-4-39(2,3)35-25-33(23-29-15-19-36(20-16-29)41-27-31-11-7-5-8-12-31)38(40)34(26-35)24-30-17-21-37(22-18-30)42-28-32-13-9-6-10-14-32/h5-24,35H,4,25-28H2,1-3H3/b33-23-,34-24+. The molecule has 0 heterocycles. The van der Waals surface area contributed by atoms with Crippen LogP contribution in [0, 0.1) is 11.3 Å². The Bertz CT molecular complexity index is 1400. The summed E-state index contributed by atoms with van der Waals surface area (Å²) in [5.74, 6) is 2.17. The summed E-state index contributed by atoms with van der Waals surface area (Å²) in [6.07, 6.45) is 6.77. The van der Waals surface area contributed by atoms with Gasteiger partial charge in [-0.15, -0.1) is 0 Å². The number of carbonyl (C=O) groups is 1. The van der Waals surface area contributed by atoms with Crippen LogP contribution in [0.15, 0.2) is 120 Å². The van der Waals surface area contributed by atoms with Crippen LogP contribution in [0.4, 0.5) is 0 Å². The fourth-order valence-electron chi connectivity index (χ4n) is 5.29. The van der Waals surface area contributed by atoms with Gasteiger partial charge in [-0.3, -0.25) is 4.79 Å². The van der Waals surface area contributed by atoms with Crippen molar-refractivity contribution in [2.45, 2.75) is 53.2 Å². The van der Waals surface area contributed by atoms with Crippen molar-refractivity contribution in [3.63, 3.8) is 0 Å². The molecule has 0 aliphatic heterocycles. The van der Waals surface area contributed by atoms with Crippen molar-refractivity contribution in [3.05, 3.63) is 143 Å². The van der Waals surface area contributed by atoms with E-state index in [1.54, 1.807) is 0 Å². The average Bonchev–Trinajstić information content (AvgIpc) is 3.03. The highest BCUT2D eigenvalue weighted by Gasteiger charge is 2.36. The summed E-state index contributed by atoms with van der Waals surface area (Å²) in [6, 6.07) is 36.4. The number of benzene rings is 4. The minimum atomic E-state index is 0.128. The lowest BCUT2D eigenvalue weighted by molar-refractivity contribution is -0.113. The molecule has 4 aromatic carbocycles. The van der Waals surface area contributed by atoms with E-state index >= 15 is 0 Å². The molecule has 4 aromatic rings. The van der Waals surface area contributed by atoms with Crippen molar-refractivity contribution in [1.82, 2.24) is 0 Å². The molecule has 0 bridgehead atoms. The second-order valence-corrected chi connectivity index (χ2v) is 11.8. The SMILES string of the molecule is CCC(C)(C)C1C/C(=C/c2ccc(OCc3ccccc3)cc2)C(=O)/C(=C/c2ccc(OCc3ccccc3)cc2)C1. The molecule has 1 unspecified atom stereocenters. The van der Waals surface area contributed by atoms with Crippen molar-refractivity contribution < 1.29 is 14.3 Å². The number of allylic oxidation sites excluding steroid dienone is 2. The molecule has 1 aliphatic rings. The molecule has 1 fully saturated rings. The zero-order chi connectivity index (χ0) is 29.4. The summed E-state index contributed by atoms with van der Waals surface area (Å²) < 4.78 is 11.9. The molecule has 0 spiro atoms. The Kier molecular flexibility index (Phi) is 9.38. The maximum absolute atomic E-state index is 13.8. The molecule has 5 rings (SSSR count). The summed E-state index contributed by atoms with van der Waals surface area (Å²) in [5.41, 5.74) is 6.17. The van der Waals surface area contributed by atoms with Crippen molar-refractivity contribution >= 4 is 17.9 Å². The Labute approximate surface area is 250 Å². The lowest BCUT2D eigenvalue weighted by Gasteiger charge is -2.37. The molecule has 42 heavy (non-hydrogen) atoms. The van der Waals surface area contributed by atoms with Crippen LogP contribution in [-0.4, -0.2) is 5.78 Å². The van der Waals surface area contributed by atoms with Crippen LogP contribution >= 0.6 is 0 Å². The summed E-state index contributed by atoms with van der Waals surface area (Å²) >= 11 is 0. The van der Waals surface area contributed by atoms with E-state index in [9.17, 15) is 4.79 Å². The van der Waals surface area contributed by atoms with Gasteiger partial charge in [0.05, 0.1) is 0 Å². The van der Waals surface area contributed by atoms with E-state index in [-0.39, 0.29) is 11.2 Å². The first-order valence-electron chi connectivity index (χ1n) is 14.9. The third-order valence-corrected chi connectivity index (χ3v) is 8.47. The Hall–Kier alpha value is -4.37. The Morgan fingerprint density at radius 2 is 1.05 bits per heavy atom. The highest BCUT2D eigenvalue weighted by molar-refractivity contribution is 6.14. The van der Waals surface area contributed by atoms with Crippen molar-refractivity contribution in [3.8, 4) is 11.5 Å². The first-order valence-corrected chi connectivity index (χ1v) is 14.9. The van der Waals surface area contributed by atoms with Crippen LogP contribution in [0.1, 0.15) is 62.3 Å². The van der Waals surface area contributed by atoms with Gasteiger partial charge in [0.25, 0.3) is 0 Å². The van der Waals surface area contributed by atoms with Gasteiger partial charge in [-0.05, 0) is 82.8 Å². The lowest BCUT2D eigenvalue weighted by Crippen LogP contribution is -2.30. The van der Waals surface area contributed by atoms with E-state index < -0.39 is 0 Å². The van der Waals surface area contributed by atoms with Crippen molar-refractivity contribution in [1.29, 1.82) is 0 Å². The predicted octanol–water partition coefficient (Wildman–Crippen LogP) is 9.73. The summed E-state index contributed by atoms with van der Waals surface area (Å²) in [7, 11) is 0. The van der Waals surface area contributed by atoms with Gasteiger partial charge in [0.15, 0.2) is 5.78 Å². The van der Waals surface area contributed by atoms with Gasteiger partial charge in [0.1, 0.15) is 24.7 Å². The minimum Gasteiger partial charge on any atom is -0.489 e. The first kappa shape index (κ1) is 29.1. The predicted molar refractivity (Wildman–Crippen MR) is 172 cm³/mol. The van der Waals surface area contributed by atoms with Crippen LogP contribution in [0.25, 0.3) is 12.2 Å². The van der Waals surface area contributed by atoms with Crippen molar-refractivity contribution in [2.24, 2.45) is 11.3 Å². The molecule has 3 heteroatoms. The van der Waals surface area contributed by atoms with Crippen LogP contribution in [0.5, 0.6) is 11.5 Å². The maximum Gasteiger partial charge on any atom is 0.185 e. The third-order valence-electron chi connectivity index (χ3n) is 8.47. The monoisotopic (exact) mass is 556 g/mol.